The molecule has 0 radical (unpaired) electrons. The molecule has 21 heavy (non-hydrogen) atoms. The van der Waals surface area contributed by atoms with E-state index in [1.807, 2.05) is 31.2 Å². The molecule has 1 saturated carbocycles. The average molecular weight is 285 g/mol. The van der Waals surface area contributed by atoms with Crippen molar-refractivity contribution >= 4 is 11.6 Å². The van der Waals surface area contributed by atoms with Gasteiger partial charge in [0, 0.05) is 17.9 Å². The molecule has 4 heteroatoms. The second-order valence-electron chi connectivity index (χ2n) is 5.63. The largest absolute Gasteiger partial charge is 0.494 e. The Kier molecular flexibility index (Phi) is 4.13. The van der Waals surface area contributed by atoms with Crippen molar-refractivity contribution in [1.82, 2.24) is 9.55 Å². The summed E-state index contributed by atoms with van der Waals surface area (Å²) in [5.41, 5.74) is 2.11. The van der Waals surface area contributed by atoms with Gasteiger partial charge in [0.1, 0.15) is 5.75 Å². The van der Waals surface area contributed by atoms with Gasteiger partial charge in [0.05, 0.1) is 12.3 Å². The molecule has 1 aliphatic rings. The van der Waals surface area contributed by atoms with Gasteiger partial charge >= 0.3 is 0 Å². The lowest BCUT2D eigenvalue weighted by atomic mass is 10.2. The fraction of sp³-hybridized carbons (Fsp3) is 0.471. The minimum atomic E-state index is 0.594. The maximum absolute atomic E-state index is 5.47. The van der Waals surface area contributed by atoms with Gasteiger partial charge in [-0.05, 0) is 51.0 Å². The van der Waals surface area contributed by atoms with Crippen molar-refractivity contribution in [3.05, 3.63) is 36.2 Å². The first-order chi connectivity index (χ1) is 10.3. The van der Waals surface area contributed by atoms with Crippen LogP contribution in [0, 0.1) is 6.92 Å². The van der Waals surface area contributed by atoms with Crippen molar-refractivity contribution < 1.29 is 4.74 Å². The number of nitrogens with one attached hydrogen (secondary N) is 1. The van der Waals surface area contributed by atoms with Gasteiger partial charge in [-0.15, -0.1) is 0 Å². The third-order valence-corrected chi connectivity index (χ3v) is 3.99. The van der Waals surface area contributed by atoms with Gasteiger partial charge in [-0.1, -0.05) is 12.8 Å². The molecule has 2 aromatic rings. The van der Waals surface area contributed by atoms with Gasteiger partial charge in [0.25, 0.3) is 0 Å². The molecule has 0 spiro atoms. The Labute approximate surface area is 126 Å². The Balaban J connectivity index is 1.77. The van der Waals surface area contributed by atoms with Crippen LogP contribution in [0.2, 0.25) is 0 Å². The minimum absolute atomic E-state index is 0.594. The van der Waals surface area contributed by atoms with Gasteiger partial charge in [-0.3, -0.25) is 0 Å². The predicted molar refractivity (Wildman–Crippen MR) is 85.4 cm³/mol. The van der Waals surface area contributed by atoms with Gasteiger partial charge in [0.2, 0.25) is 5.95 Å². The zero-order valence-electron chi connectivity index (χ0n) is 12.8. The van der Waals surface area contributed by atoms with E-state index in [0.717, 1.165) is 23.1 Å². The van der Waals surface area contributed by atoms with Crippen LogP contribution in [0.1, 0.15) is 44.3 Å². The Morgan fingerprint density at radius 3 is 2.62 bits per heavy atom. The highest BCUT2D eigenvalue weighted by atomic mass is 16.5. The second-order valence-corrected chi connectivity index (χ2v) is 5.63. The highest BCUT2D eigenvalue weighted by Crippen LogP contribution is 2.33. The molecule has 0 amide bonds. The first kappa shape index (κ1) is 14.0. The zero-order chi connectivity index (χ0) is 14.7. The SMILES string of the molecule is CCOc1ccc(Nc2nc(C)cn2C2CCCC2)cc1. The highest BCUT2D eigenvalue weighted by molar-refractivity contribution is 5.55. The van der Waals surface area contributed by atoms with E-state index in [1.165, 1.54) is 25.7 Å². The van der Waals surface area contributed by atoms with Crippen molar-refractivity contribution in [2.45, 2.75) is 45.6 Å². The summed E-state index contributed by atoms with van der Waals surface area (Å²) in [5, 5.41) is 3.44. The molecule has 1 N–H and O–H groups in total. The fourth-order valence-electron chi connectivity index (χ4n) is 3.00. The first-order valence-electron chi connectivity index (χ1n) is 7.81. The van der Waals surface area contributed by atoms with Gasteiger partial charge in [0.15, 0.2) is 0 Å². The number of ether oxygens (including phenoxy) is 1. The van der Waals surface area contributed by atoms with E-state index in [0.29, 0.717) is 12.6 Å². The molecule has 0 aliphatic heterocycles. The number of imidazole rings is 1. The van der Waals surface area contributed by atoms with E-state index in [1.54, 1.807) is 0 Å². The molecule has 1 heterocycles. The number of nitrogens with zero attached hydrogens (tertiary/aromatic N) is 2. The Morgan fingerprint density at radius 2 is 1.95 bits per heavy atom. The molecule has 0 atom stereocenters. The summed E-state index contributed by atoms with van der Waals surface area (Å²) in [7, 11) is 0. The van der Waals surface area contributed by atoms with E-state index in [-0.39, 0.29) is 0 Å². The van der Waals surface area contributed by atoms with E-state index < -0.39 is 0 Å². The van der Waals surface area contributed by atoms with Crippen LogP contribution in [0.4, 0.5) is 11.6 Å². The van der Waals surface area contributed by atoms with Crippen molar-refractivity contribution in [3.63, 3.8) is 0 Å². The molecular weight excluding hydrogens is 262 g/mol. The van der Waals surface area contributed by atoms with E-state index in [9.17, 15) is 0 Å². The molecule has 1 aromatic carbocycles. The highest BCUT2D eigenvalue weighted by Gasteiger charge is 2.20. The number of aromatic nitrogens is 2. The second kappa shape index (κ2) is 6.20. The van der Waals surface area contributed by atoms with Crippen molar-refractivity contribution in [2.75, 3.05) is 11.9 Å². The van der Waals surface area contributed by atoms with Crippen LogP contribution in [0.25, 0.3) is 0 Å². The van der Waals surface area contributed by atoms with Gasteiger partial charge in [-0.2, -0.15) is 0 Å². The molecule has 4 nitrogen and oxygen atoms in total. The van der Waals surface area contributed by atoms with E-state index in [4.69, 9.17) is 4.74 Å². The van der Waals surface area contributed by atoms with Gasteiger partial charge < -0.3 is 14.6 Å². The van der Waals surface area contributed by atoms with Crippen LogP contribution >= 0.6 is 0 Å². The standard InChI is InChI=1S/C17H23N3O/c1-3-21-16-10-8-14(9-11-16)19-17-18-13(2)12-20(17)15-6-4-5-7-15/h8-12,15H,3-7H2,1-2H3,(H,18,19). The lowest BCUT2D eigenvalue weighted by molar-refractivity contribution is 0.340. The van der Waals surface area contributed by atoms with Crippen molar-refractivity contribution in [1.29, 1.82) is 0 Å². The topological polar surface area (TPSA) is 39.1 Å². The average Bonchev–Trinajstić information content (AvgIpc) is 3.11. The van der Waals surface area contributed by atoms with Gasteiger partial charge in [-0.25, -0.2) is 4.98 Å². The number of rotatable bonds is 5. The monoisotopic (exact) mass is 285 g/mol. The third kappa shape index (κ3) is 3.20. The molecular formula is C17H23N3O. The zero-order valence-corrected chi connectivity index (χ0v) is 12.8. The Hall–Kier alpha value is -1.97. The molecule has 1 aromatic heterocycles. The summed E-state index contributed by atoms with van der Waals surface area (Å²) in [4.78, 5) is 4.63. The number of aryl methyl sites for hydroxylation is 1. The molecule has 112 valence electrons. The Morgan fingerprint density at radius 1 is 1.24 bits per heavy atom. The number of hydrogen-bond donors (Lipinski definition) is 1. The number of benzene rings is 1. The van der Waals surface area contributed by atoms with Crippen LogP contribution in [0.5, 0.6) is 5.75 Å². The summed E-state index contributed by atoms with van der Waals surface area (Å²) in [6.07, 6.45) is 7.32. The summed E-state index contributed by atoms with van der Waals surface area (Å²) < 4.78 is 7.78. The third-order valence-electron chi connectivity index (χ3n) is 3.99. The molecule has 0 saturated heterocycles. The van der Waals surface area contributed by atoms with Crippen LogP contribution in [-0.4, -0.2) is 16.2 Å². The molecule has 1 aliphatic carbocycles. The Bertz CT molecular complexity index is 583. The van der Waals surface area contributed by atoms with Crippen molar-refractivity contribution in [3.8, 4) is 5.75 Å². The molecule has 1 fully saturated rings. The maximum Gasteiger partial charge on any atom is 0.207 e. The van der Waals surface area contributed by atoms with Crippen LogP contribution in [-0.2, 0) is 0 Å². The predicted octanol–water partition coefficient (Wildman–Crippen LogP) is 4.45. The van der Waals surface area contributed by atoms with Crippen LogP contribution < -0.4 is 10.1 Å². The molecule has 3 rings (SSSR count). The first-order valence-corrected chi connectivity index (χ1v) is 7.81. The summed E-state index contributed by atoms with van der Waals surface area (Å²) in [6, 6.07) is 8.64. The number of anilines is 2. The molecule has 0 unspecified atom stereocenters. The summed E-state index contributed by atoms with van der Waals surface area (Å²) in [5.74, 6) is 1.85. The fourth-order valence-corrected chi connectivity index (χ4v) is 3.00. The summed E-state index contributed by atoms with van der Waals surface area (Å²) in [6.45, 7) is 4.74. The van der Waals surface area contributed by atoms with Crippen LogP contribution in [0.15, 0.2) is 30.5 Å². The minimum Gasteiger partial charge on any atom is -0.494 e. The normalized spacial score (nSPS) is 15.3. The molecule has 0 bridgehead atoms. The maximum atomic E-state index is 5.47. The van der Waals surface area contributed by atoms with E-state index >= 15 is 0 Å². The quantitative estimate of drug-likeness (QED) is 0.882. The lowest BCUT2D eigenvalue weighted by Crippen LogP contribution is -2.07. The number of hydrogen-bond acceptors (Lipinski definition) is 3. The van der Waals surface area contributed by atoms with Crippen molar-refractivity contribution in [2.24, 2.45) is 0 Å². The smallest absolute Gasteiger partial charge is 0.207 e. The van der Waals surface area contributed by atoms with E-state index in [2.05, 4.69) is 28.0 Å². The lowest BCUT2D eigenvalue weighted by Gasteiger charge is -2.15. The van der Waals surface area contributed by atoms with Crippen LogP contribution in [0.3, 0.4) is 0 Å². The summed E-state index contributed by atoms with van der Waals surface area (Å²) >= 11 is 0.